The molecule has 0 heterocycles. The van der Waals surface area contributed by atoms with Gasteiger partial charge in [0.1, 0.15) is 23.9 Å². The quantitative estimate of drug-likeness (QED) is 0.337. The number of ketones is 1. The normalized spacial score (nSPS) is 10.2. The van der Waals surface area contributed by atoms with Crippen LogP contribution in [0.25, 0.3) is 0 Å². The lowest BCUT2D eigenvalue weighted by molar-refractivity contribution is -0.144. The van der Waals surface area contributed by atoms with Crippen molar-refractivity contribution in [2.24, 2.45) is 0 Å². The molecule has 160 valence electrons. The molecule has 0 radical (unpaired) electrons. The molecule has 6 heteroatoms. The number of esters is 1. The summed E-state index contributed by atoms with van der Waals surface area (Å²) in [5, 5.41) is 0. The summed E-state index contributed by atoms with van der Waals surface area (Å²) in [5.74, 6) is 0.961. The minimum Gasteiger partial charge on any atom is -0.494 e. The van der Waals surface area contributed by atoms with Gasteiger partial charge in [0.05, 0.1) is 6.61 Å². The molecule has 0 aliphatic carbocycles. The maximum atomic E-state index is 12.1. The fourth-order valence-corrected chi connectivity index (χ4v) is 2.69. The zero-order valence-corrected chi connectivity index (χ0v) is 17.3. The molecule has 3 aromatic rings. The summed E-state index contributed by atoms with van der Waals surface area (Å²) in [6, 6.07) is 23.5. The molecule has 0 bridgehead atoms. The van der Waals surface area contributed by atoms with E-state index in [1.165, 1.54) is 0 Å². The van der Waals surface area contributed by atoms with Gasteiger partial charge in [-0.15, -0.1) is 0 Å². The number of ether oxygens (including phenoxy) is 4. The summed E-state index contributed by atoms with van der Waals surface area (Å²) < 4.78 is 21.4. The number of hydrogen-bond donors (Lipinski definition) is 0. The van der Waals surface area contributed by atoms with Crippen LogP contribution in [-0.2, 0) is 16.1 Å². The molecule has 0 fully saturated rings. The van der Waals surface area contributed by atoms with Crippen molar-refractivity contribution in [2.75, 3.05) is 19.8 Å². The minimum absolute atomic E-state index is 0.291. The van der Waals surface area contributed by atoms with Gasteiger partial charge >= 0.3 is 5.97 Å². The second kappa shape index (κ2) is 11.4. The third kappa shape index (κ3) is 7.19. The van der Waals surface area contributed by atoms with Crippen molar-refractivity contribution < 1.29 is 28.5 Å². The van der Waals surface area contributed by atoms with E-state index in [4.69, 9.17) is 18.9 Å². The van der Waals surface area contributed by atoms with Crippen LogP contribution in [-0.4, -0.2) is 31.6 Å². The van der Waals surface area contributed by atoms with Crippen molar-refractivity contribution in [1.82, 2.24) is 0 Å². The highest BCUT2D eigenvalue weighted by Gasteiger charge is 2.11. The molecule has 0 amide bonds. The second-order valence-electron chi connectivity index (χ2n) is 6.58. The van der Waals surface area contributed by atoms with Crippen LogP contribution in [0.3, 0.4) is 0 Å². The monoisotopic (exact) mass is 420 g/mol. The van der Waals surface area contributed by atoms with Crippen LogP contribution in [0, 0.1) is 0 Å². The summed E-state index contributed by atoms with van der Waals surface area (Å²) in [7, 11) is 0. The van der Waals surface area contributed by atoms with Crippen LogP contribution < -0.4 is 14.2 Å². The van der Waals surface area contributed by atoms with Crippen molar-refractivity contribution in [3.8, 4) is 17.2 Å². The Hall–Kier alpha value is -3.80. The van der Waals surface area contributed by atoms with E-state index in [9.17, 15) is 9.59 Å². The van der Waals surface area contributed by atoms with Crippen LogP contribution >= 0.6 is 0 Å². The van der Waals surface area contributed by atoms with Gasteiger partial charge in [0, 0.05) is 5.56 Å². The van der Waals surface area contributed by atoms with Crippen LogP contribution in [0.4, 0.5) is 0 Å². The Morgan fingerprint density at radius 3 is 1.90 bits per heavy atom. The Labute approximate surface area is 181 Å². The van der Waals surface area contributed by atoms with E-state index in [1.807, 2.05) is 37.3 Å². The number of Topliss-reactive ketones (excluding diaryl/α,β-unsaturated/α-hetero) is 1. The maximum Gasteiger partial charge on any atom is 0.344 e. The zero-order chi connectivity index (χ0) is 21.9. The van der Waals surface area contributed by atoms with Crippen molar-refractivity contribution in [3.05, 3.63) is 90.0 Å². The van der Waals surface area contributed by atoms with E-state index in [0.717, 1.165) is 5.56 Å². The molecule has 0 unspecified atom stereocenters. The predicted octanol–water partition coefficient (Wildman–Crippen LogP) is 4.47. The first kappa shape index (κ1) is 21.9. The fourth-order valence-electron chi connectivity index (χ4n) is 2.69. The van der Waals surface area contributed by atoms with Crippen LogP contribution in [0.5, 0.6) is 17.2 Å². The molecule has 0 saturated heterocycles. The summed E-state index contributed by atoms with van der Waals surface area (Å²) in [6.07, 6.45) is 0. The molecule has 3 rings (SSSR count). The first-order valence-corrected chi connectivity index (χ1v) is 9.95. The van der Waals surface area contributed by atoms with Crippen molar-refractivity contribution >= 4 is 11.8 Å². The van der Waals surface area contributed by atoms with E-state index >= 15 is 0 Å². The largest absolute Gasteiger partial charge is 0.494 e. The van der Waals surface area contributed by atoms with Gasteiger partial charge in [-0.05, 0) is 61.0 Å². The highest BCUT2D eigenvalue weighted by Crippen LogP contribution is 2.19. The third-order valence-electron chi connectivity index (χ3n) is 4.28. The fraction of sp³-hybridized carbons (Fsp3) is 0.200. The van der Waals surface area contributed by atoms with Gasteiger partial charge in [-0.25, -0.2) is 4.79 Å². The molecule has 31 heavy (non-hydrogen) atoms. The summed E-state index contributed by atoms with van der Waals surface area (Å²) >= 11 is 0. The van der Waals surface area contributed by atoms with Crippen LogP contribution in [0.2, 0.25) is 0 Å². The Bertz CT molecular complexity index is 965. The van der Waals surface area contributed by atoms with Crippen molar-refractivity contribution in [1.29, 1.82) is 0 Å². The van der Waals surface area contributed by atoms with E-state index in [-0.39, 0.29) is 19.0 Å². The molecule has 0 aliphatic rings. The van der Waals surface area contributed by atoms with Gasteiger partial charge < -0.3 is 18.9 Å². The van der Waals surface area contributed by atoms with Crippen LogP contribution in [0.15, 0.2) is 78.9 Å². The molecule has 0 saturated carbocycles. The Morgan fingerprint density at radius 1 is 0.677 bits per heavy atom. The molecule has 6 nitrogen and oxygen atoms in total. The first-order valence-electron chi connectivity index (χ1n) is 9.95. The number of carbonyl (C=O) groups is 2. The molecule has 0 aromatic heterocycles. The lowest BCUT2D eigenvalue weighted by Gasteiger charge is -2.09. The van der Waals surface area contributed by atoms with Crippen molar-refractivity contribution in [2.45, 2.75) is 13.5 Å². The molecule has 0 spiro atoms. The van der Waals surface area contributed by atoms with E-state index in [1.54, 1.807) is 48.5 Å². The maximum absolute atomic E-state index is 12.1. The average molecular weight is 420 g/mol. The Balaban J connectivity index is 1.38. The highest BCUT2D eigenvalue weighted by molar-refractivity contribution is 5.98. The second-order valence-corrected chi connectivity index (χ2v) is 6.58. The van der Waals surface area contributed by atoms with Gasteiger partial charge in [0.25, 0.3) is 0 Å². The summed E-state index contributed by atoms with van der Waals surface area (Å²) in [4.78, 5) is 24.0. The Morgan fingerprint density at radius 2 is 1.26 bits per heavy atom. The minimum atomic E-state index is -0.622. The molecule has 3 aromatic carbocycles. The van der Waals surface area contributed by atoms with Crippen LogP contribution in [0.1, 0.15) is 22.8 Å². The number of carbonyl (C=O) groups excluding carboxylic acids is 2. The molecular formula is C25H24O6. The van der Waals surface area contributed by atoms with Gasteiger partial charge in [-0.1, -0.05) is 30.3 Å². The Kier molecular flexibility index (Phi) is 8.05. The lowest BCUT2D eigenvalue weighted by Crippen LogP contribution is -2.19. The van der Waals surface area contributed by atoms with E-state index < -0.39 is 5.97 Å². The SMILES string of the molecule is CCOc1ccc(C(=O)COC(=O)COc2ccc(OCc3ccccc3)cc2)cc1. The summed E-state index contributed by atoms with van der Waals surface area (Å²) in [6.45, 7) is 2.27. The molecule has 0 N–H and O–H groups in total. The predicted molar refractivity (Wildman–Crippen MR) is 116 cm³/mol. The first-order chi connectivity index (χ1) is 15.1. The lowest BCUT2D eigenvalue weighted by atomic mass is 10.1. The van der Waals surface area contributed by atoms with E-state index in [0.29, 0.717) is 36.0 Å². The topological polar surface area (TPSA) is 71.1 Å². The third-order valence-corrected chi connectivity index (χ3v) is 4.28. The number of rotatable bonds is 11. The standard InChI is InChI=1S/C25H24O6/c1-2-28-21-10-8-20(9-11-21)24(26)17-31-25(27)18-30-23-14-12-22(13-15-23)29-16-19-6-4-3-5-7-19/h3-15H,2,16-18H2,1H3. The average Bonchev–Trinajstić information content (AvgIpc) is 2.82. The highest BCUT2D eigenvalue weighted by atomic mass is 16.6. The van der Waals surface area contributed by atoms with E-state index in [2.05, 4.69) is 0 Å². The number of benzene rings is 3. The van der Waals surface area contributed by atoms with Gasteiger partial charge in [-0.2, -0.15) is 0 Å². The molecular weight excluding hydrogens is 396 g/mol. The molecule has 0 atom stereocenters. The van der Waals surface area contributed by atoms with Crippen molar-refractivity contribution in [3.63, 3.8) is 0 Å². The smallest absolute Gasteiger partial charge is 0.344 e. The van der Waals surface area contributed by atoms with Gasteiger partial charge in [-0.3, -0.25) is 4.79 Å². The zero-order valence-electron chi connectivity index (χ0n) is 17.3. The molecule has 0 aliphatic heterocycles. The summed E-state index contributed by atoms with van der Waals surface area (Å²) in [5.41, 5.74) is 1.52. The van der Waals surface area contributed by atoms with Gasteiger partial charge in [0.2, 0.25) is 0 Å². The number of hydrogen-bond acceptors (Lipinski definition) is 6. The van der Waals surface area contributed by atoms with Gasteiger partial charge in [0.15, 0.2) is 19.0 Å².